The maximum absolute atomic E-state index is 11.2. The summed E-state index contributed by atoms with van der Waals surface area (Å²) in [6.45, 7) is 15.7. The number of carbonyl (C=O) groups is 1. The van der Waals surface area contributed by atoms with Gasteiger partial charge in [-0.1, -0.05) is 6.58 Å². The molecular weight excluding hydrogens is 260 g/mol. The van der Waals surface area contributed by atoms with E-state index < -0.39 is 8.56 Å². The van der Waals surface area contributed by atoms with E-state index in [4.69, 9.17) is 13.6 Å². The van der Waals surface area contributed by atoms with E-state index in [1.165, 1.54) is 0 Å². The molecule has 0 aliphatic rings. The van der Waals surface area contributed by atoms with Gasteiger partial charge in [0.2, 0.25) is 0 Å². The third-order valence-corrected chi connectivity index (χ3v) is 5.53. The molecule has 0 aliphatic carbocycles. The van der Waals surface area contributed by atoms with Gasteiger partial charge in [0.05, 0.1) is 6.61 Å². The second-order valence-corrected chi connectivity index (χ2v) is 8.73. The Balaban J connectivity index is 4.19. The van der Waals surface area contributed by atoms with Gasteiger partial charge in [-0.2, -0.15) is 0 Å². The molecule has 0 aliphatic heterocycles. The molecule has 0 saturated carbocycles. The number of rotatable bonds is 9. The van der Waals surface area contributed by atoms with Crippen LogP contribution in [-0.4, -0.2) is 33.3 Å². The Kier molecular flexibility index (Phi) is 8.21. The van der Waals surface area contributed by atoms with Gasteiger partial charge in [0.25, 0.3) is 0 Å². The first-order chi connectivity index (χ1) is 8.66. The van der Waals surface area contributed by atoms with Crippen molar-refractivity contribution in [1.82, 2.24) is 0 Å². The van der Waals surface area contributed by atoms with E-state index in [-0.39, 0.29) is 18.2 Å². The second-order valence-electron chi connectivity index (χ2n) is 5.49. The lowest BCUT2D eigenvalue weighted by Gasteiger charge is -2.31. The highest BCUT2D eigenvalue weighted by atomic mass is 28.4. The predicted octanol–water partition coefficient (Wildman–Crippen LogP) is 3.42. The molecule has 0 fully saturated rings. The van der Waals surface area contributed by atoms with Crippen molar-refractivity contribution in [2.45, 2.75) is 65.8 Å². The lowest BCUT2D eigenvalue weighted by molar-refractivity contribution is -0.139. The molecule has 0 radical (unpaired) electrons. The summed E-state index contributed by atoms with van der Waals surface area (Å²) in [6.07, 6.45) is 1.04. The molecule has 0 spiro atoms. The van der Waals surface area contributed by atoms with Gasteiger partial charge in [0.1, 0.15) is 0 Å². The Morgan fingerprint density at radius 1 is 1.16 bits per heavy atom. The molecule has 0 saturated heterocycles. The van der Waals surface area contributed by atoms with Crippen molar-refractivity contribution < 1.29 is 18.4 Å². The number of carbonyl (C=O) groups excluding carboxylic acids is 1. The van der Waals surface area contributed by atoms with Gasteiger partial charge in [0, 0.05) is 17.8 Å². The third-order valence-electron chi connectivity index (χ3n) is 2.33. The highest BCUT2D eigenvalue weighted by Crippen LogP contribution is 2.20. The fourth-order valence-corrected chi connectivity index (χ4v) is 4.90. The Bertz CT molecular complexity index is 290. The zero-order valence-electron chi connectivity index (χ0n) is 13.1. The summed E-state index contributed by atoms with van der Waals surface area (Å²) in [5, 5.41) is 0. The van der Waals surface area contributed by atoms with Gasteiger partial charge >= 0.3 is 14.5 Å². The lowest BCUT2D eigenvalue weighted by Crippen LogP contribution is -2.43. The minimum atomic E-state index is -2.19. The molecule has 19 heavy (non-hydrogen) atoms. The van der Waals surface area contributed by atoms with Crippen LogP contribution in [0.5, 0.6) is 0 Å². The molecule has 0 heterocycles. The zero-order valence-corrected chi connectivity index (χ0v) is 14.1. The van der Waals surface area contributed by atoms with Crippen LogP contribution in [0, 0.1) is 0 Å². The van der Waals surface area contributed by atoms with E-state index in [9.17, 15) is 4.79 Å². The summed E-state index contributed by atoms with van der Waals surface area (Å²) in [4.78, 5) is 11.2. The topological polar surface area (TPSA) is 44.8 Å². The number of ether oxygens (including phenoxy) is 1. The highest BCUT2D eigenvalue weighted by molar-refractivity contribution is 6.66. The first-order valence-corrected chi connectivity index (χ1v) is 9.37. The average Bonchev–Trinajstić information content (AvgIpc) is 2.21. The lowest BCUT2D eigenvalue weighted by atomic mass is 10.4. The molecule has 0 aromatic heterocycles. The summed E-state index contributed by atoms with van der Waals surface area (Å²) < 4.78 is 17.0. The molecule has 0 atom stereocenters. The largest absolute Gasteiger partial charge is 0.462 e. The van der Waals surface area contributed by atoms with Crippen LogP contribution >= 0.6 is 0 Å². The highest BCUT2D eigenvalue weighted by Gasteiger charge is 2.33. The molecule has 0 unspecified atom stereocenters. The molecule has 0 aromatic rings. The standard InChI is InChI=1S/C14H28O4Si/c1-11(2)14(15)16-9-8-10-19(7,17-12(3)4)18-13(5)6/h12-13H,1,8-10H2,2-7H3. The molecule has 5 heteroatoms. The fourth-order valence-electron chi connectivity index (χ4n) is 1.82. The first-order valence-electron chi connectivity index (χ1n) is 6.84. The van der Waals surface area contributed by atoms with Gasteiger partial charge in [-0.05, 0) is 53.6 Å². The molecule has 4 nitrogen and oxygen atoms in total. The second kappa shape index (κ2) is 8.50. The molecule has 0 amide bonds. The van der Waals surface area contributed by atoms with Crippen LogP contribution < -0.4 is 0 Å². The van der Waals surface area contributed by atoms with E-state index >= 15 is 0 Å². The van der Waals surface area contributed by atoms with Crippen molar-refractivity contribution in [3.05, 3.63) is 12.2 Å². The summed E-state index contributed by atoms with van der Waals surface area (Å²) in [5.41, 5.74) is 0.428. The van der Waals surface area contributed by atoms with Gasteiger partial charge < -0.3 is 13.6 Å². The molecule has 112 valence electrons. The van der Waals surface area contributed by atoms with Crippen molar-refractivity contribution in [2.24, 2.45) is 0 Å². The minimum absolute atomic E-state index is 0.147. The van der Waals surface area contributed by atoms with E-state index in [0.29, 0.717) is 12.2 Å². The van der Waals surface area contributed by atoms with Gasteiger partial charge in [0.15, 0.2) is 0 Å². The third kappa shape index (κ3) is 8.97. The van der Waals surface area contributed by atoms with Crippen LogP contribution in [0.3, 0.4) is 0 Å². The fraction of sp³-hybridized carbons (Fsp3) is 0.786. The van der Waals surface area contributed by atoms with Crippen LogP contribution in [0.1, 0.15) is 41.0 Å². The Morgan fingerprint density at radius 3 is 2.00 bits per heavy atom. The maximum Gasteiger partial charge on any atom is 0.335 e. The molecule has 0 rings (SSSR count). The van der Waals surface area contributed by atoms with Crippen LogP contribution in [0.2, 0.25) is 12.6 Å². The molecule has 0 N–H and O–H groups in total. The predicted molar refractivity (Wildman–Crippen MR) is 79.3 cm³/mol. The van der Waals surface area contributed by atoms with Crippen LogP contribution in [0.25, 0.3) is 0 Å². The Morgan fingerprint density at radius 2 is 1.63 bits per heavy atom. The quantitative estimate of drug-likeness (QED) is 0.282. The van der Waals surface area contributed by atoms with Crippen molar-refractivity contribution in [1.29, 1.82) is 0 Å². The summed E-state index contributed by atoms with van der Waals surface area (Å²) in [5.74, 6) is -0.335. The molecular formula is C14H28O4Si. The van der Waals surface area contributed by atoms with Crippen LogP contribution in [-0.2, 0) is 18.4 Å². The van der Waals surface area contributed by atoms with E-state index in [2.05, 4.69) is 13.1 Å². The minimum Gasteiger partial charge on any atom is -0.462 e. The SMILES string of the molecule is C=C(C)C(=O)OCCC[Si](C)(OC(C)C)OC(C)C. The number of esters is 1. The molecule has 0 aromatic carbocycles. The molecule has 0 bridgehead atoms. The van der Waals surface area contributed by atoms with Crippen molar-refractivity contribution in [3.63, 3.8) is 0 Å². The van der Waals surface area contributed by atoms with E-state index in [1.54, 1.807) is 6.92 Å². The maximum atomic E-state index is 11.2. The smallest absolute Gasteiger partial charge is 0.335 e. The Hall–Kier alpha value is -0.653. The Labute approximate surface area is 118 Å². The summed E-state index contributed by atoms with van der Waals surface area (Å²) >= 11 is 0. The van der Waals surface area contributed by atoms with Crippen molar-refractivity contribution >= 4 is 14.5 Å². The zero-order chi connectivity index (χ0) is 15.1. The van der Waals surface area contributed by atoms with Gasteiger partial charge in [-0.15, -0.1) is 0 Å². The van der Waals surface area contributed by atoms with E-state index in [1.807, 2.05) is 27.7 Å². The number of hydrogen-bond donors (Lipinski definition) is 0. The first kappa shape index (κ1) is 18.3. The monoisotopic (exact) mass is 288 g/mol. The van der Waals surface area contributed by atoms with Gasteiger partial charge in [-0.25, -0.2) is 4.79 Å². The summed E-state index contributed by atoms with van der Waals surface area (Å²) in [7, 11) is -2.19. The normalized spacial score (nSPS) is 12.0. The van der Waals surface area contributed by atoms with E-state index in [0.717, 1.165) is 12.5 Å². The van der Waals surface area contributed by atoms with Gasteiger partial charge in [-0.3, -0.25) is 0 Å². The van der Waals surface area contributed by atoms with Crippen LogP contribution in [0.15, 0.2) is 12.2 Å². The summed E-state index contributed by atoms with van der Waals surface area (Å²) in [6, 6.07) is 0.812. The number of hydrogen-bond acceptors (Lipinski definition) is 4. The van der Waals surface area contributed by atoms with Crippen LogP contribution in [0.4, 0.5) is 0 Å². The van der Waals surface area contributed by atoms with Crippen molar-refractivity contribution in [3.8, 4) is 0 Å². The average molecular weight is 288 g/mol. The van der Waals surface area contributed by atoms with Crippen molar-refractivity contribution in [2.75, 3.05) is 6.61 Å².